The molecule has 2 atom stereocenters. The normalized spacial score (nSPS) is 27.9. The molecule has 5 rings (SSSR count). The number of rotatable bonds is 2. The number of carbonyl (C=O) groups is 1. The van der Waals surface area contributed by atoms with Gasteiger partial charge in [0.15, 0.2) is 0 Å². The van der Waals surface area contributed by atoms with Crippen molar-refractivity contribution in [3.63, 3.8) is 0 Å². The molecule has 1 aromatic carbocycles. The monoisotopic (exact) mass is 461 g/mol. The lowest BCUT2D eigenvalue weighted by molar-refractivity contribution is -0.182. The highest BCUT2D eigenvalue weighted by Gasteiger charge is 2.56. The molecule has 2 aliphatic heterocycles. The van der Waals surface area contributed by atoms with E-state index in [9.17, 15) is 4.79 Å². The first-order chi connectivity index (χ1) is 13.6. The van der Waals surface area contributed by atoms with Gasteiger partial charge in [0.2, 0.25) is 0 Å². The predicted octanol–water partition coefficient (Wildman–Crippen LogP) is 3.88. The first-order valence-corrected chi connectivity index (χ1v) is 11.1. The van der Waals surface area contributed by atoms with Gasteiger partial charge >= 0.3 is 0 Å². The second-order valence-corrected chi connectivity index (χ2v) is 9.34. The Morgan fingerprint density at radius 1 is 1.29 bits per heavy atom. The highest BCUT2D eigenvalue weighted by molar-refractivity contribution is 9.10. The number of ether oxygens (including phenoxy) is 2. The van der Waals surface area contributed by atoms with Gasteiger partial charge in [0.1, 0.15) is 15.1 Å². The van der Waals surface area contributed by atoms with Gasteiger partial charge in [0, 0.05) is 16.9 Å². The number of benzene rings is 1. The number of carbonyl (C=O) groups excluding carboxylic acids is 1. The molecule has 8 heteroatoms. The summed E-state index contributed by atoms with van der Waals surface area (Å²) in [6.07, 6.45) is 4.32. The van der Waals surface area contributed by atoms with Crippen LogP contribution in [0.25, 0.3) is 0 Å². The molecule has 0 unspecified atom stereocenters. The Bertz CT molecular complexity index is 928. The number of hydrogen-bond acceptors (Lipinski definition) is 6. The number of aromatic nitrogens is 1. The lowest BCUT2D eigenvalue weighted by atomic mass is 9.67. The fraction of sp³-hybridized carbons (Fsp3) is 0.450. The Balaban J connectivity index is 1.46. The molecule has 0 radical (unpaired) electrons. The molecule has 2 aromatic rings. The average Bonchev–Trinajstić information content (AvgIpc) is 3.14. The minimum absolute atomic E-state index is 0.0215. The van der Waals surface area contributed by atoms with Crippen LogP contribution in [0.5, 0.6) is 0 Å². The first kappa shape index (κ1) is 18.3. The summed E-state index contributed by atoms with van der Waals surface area (Å²) >= 11 is 5.02. The van der Waals surface area contributed by atoms with Gasteiger partial charge in [-0.15, -0.1) is 11.3 Å². The second kappa shape index (κ2) is 6.93. The summed E-state index contributed by atoms with van der Waals surface area (Å²) in [6.45, 7) is 0.960. The Morgan fingerprint density at radius 3 is 2.79 bits per heavy atom. The number of nitrogens with zero attached hydrogens (tertiary/aromatic N) is 2. The van der Waals surface area contributed by atoms with Gasteiger partial charge in [0.05, 0.1) is 18.8 Å². The van der Waals surface area contributed by atoms with Gasteiger partial charge in [-0.3, -0.25) is 10.1 Å². The highest BCUT2D eigenvalue weighted by atomic mass is 79.9. The zero-order valence-electron chi connectivity index (χ0n) is 15.2. The Hall–Kier alpha value is -1.77. The number of thiazole rings is 1. The molecule has 2 fully saturated rings. The molecule has 1 amide bonds. The van der Waals surface area contributed by atoms with Crippen molar-refractivity contribution in [3.05, 3.63) is 50.9 Å². The molecule has 146 valence electrons. The molecule has 0 bridgehead atoms. The van der Waals surface area contributed by atoms with E-state index in [1.54, 1.807) is 23.5 Å². The topological polar surface area (TPSA) is 72.8 Å². The first-order valence-electron chi connectivity index (χ1n) is 9.43. The molecular formula is C20H20BrN3O3S. The summed E-state index contributed by atoms with van der Waals surface area (Å²) in [7, 11) is 0. The minimum Gasteiger partial charge on any atom is -0.465 e. The average molecular weight is 462 g/mol. The van der Waals surface area contributed by atoms with Crippen LogP contribution < -0.4 is 5.32 Å². The number of amides is 1. The number of hydrogen-bond donors (Lipinski definition) is 1. The van der Waals surface area contributed by atoms with Crippen LogP contribution in [0, 0.1) is 5.92 Å². The third-order valence-electron chi connectivity index (χ3n) is 5.98. The fourth-order valence-electron chi connectivity index (χ4n) is 4.25. The molecule has 28 heavy (non-hydrogen) atoms. The van der Waals surface area contributed by atoms with Crippen LogP contribution >= 0.6 is 27.3 Å². The maximum absolute atomic E-state index is 12.6. The molecule has 1 aromatic heterocycles. The second-order valence-electron chi connectivity index (χ2n) is 7.67. The van der Waals surface area contributed by atoms with E-state index in [4.69, 9.17) is 14.5 Å². The van der Waals surface area contributed by atoms with Crippen LogP contribution in [0.4, 0.5) is 0 Å². The molecule has 1 saturated heterocycles. The SMILES string of the molecule is O=C(NC1=N[C@@]2(c3nc(Br)cs3)COC3(CCC3)C[C@H]2CO1)c1ccccc1. The predicted molar refractivity (Wildman–Crippen MR) is 109 cm³/mol. The Labute approximate surface area is 175 Å². The summed E-state index contributed by atoms with van der Waals surface area (Å²) < 4.78 is 13.0. The zero-order chi connectivity index (χ0) is 19.2. The van der Waals surface area contributed by atoms with Gasteiger partial charge in [-0.1, -0.05) is 18.2 Å². The van der Waals surface area contributed by atoms with Crippen LogP contribution in [0.3, 0.4) is 0 Å². The number of halogens is 1. The molecule has 1 spiro atoms. The van der Waals surface area contributed by atoms with Crippen molar-refractivity contribution >= 4 is 39.2 Å². The summed E-state index contributed by atoms with van der Waals surface area (Å²) in [5, 5.41) is 5.67. The third-order valence-corrected chi connectivity index (χ3v) is 7.70. The molecule has 6 nitrogen and oxygen atoms in total. The van der Waals surface area contributed by atoms with E-state index in [-0.39, 0.29) is 23.4 Å². The zero-order valence-corrected chi connectivity index (χ0v) is 17.6. The van der Waals surface area contributed by atoms with E-state index < -0.39 is 5.54 Å². The summed E-state index contributed by atoms with van der Waals surface area (Å²) in [4.78, 5) is 22.1. The van der Waals surface area contributed by atoms with Gasteiger partial charge in [0.25, 0.3) is 11.9 Å². The van der Waals surface area contributed by atoms with Crippen LogP contribution in [0.2, 0.25) is 0 Å². The van der Waals surface area contributed by atoms with Gasteiger partial charge in [-0.2, -0.15) is 0 Å². The smallest absolute Gasteiger partial charge is 0.292 e. The minimum atomic E-state index is -0.616. The van der Waals surface area contributed by atoms with E-state index in [0.29, 0.717) is 18.8 Å². The Morgan fingerprint density at radius 2 is 2.11 bits per heavy atom. The van der Waals surface area contributed by atoms with Crippen molar-refractivity contribution in [2.45, 2.75) is 36.8 Å². The summed E-state index contributed by atoms with van der Waals surface area (Å²) in [5.41, 5.74) is -0.0724. The Kier molecular flexibility index (Phi) is 4.52. The summed E-state index contributed by atoms with van der Waals surface area (Å²) in [5.74, 6) is -0.0579. The molecule has 3 heterocycles. The fourth-order valence-corrected chi connectivity index (χ4v) is 5.71. The van der Waals surface area contributed by atoms with Crippen molar-refractivity contribution in [1.29, 1.82) is 0 Å². The molecule has 1 aliphatic carbocycles. The van der Waals surface area contributed by atoms with E-state index in [1.165, 1.54) is 6.42 Å². The van der Waals surface area contributed by atoms with E-state index >= 15 is 0 Å². The van der Waals surface area contributed by atoms with Crippen molar-refractivity contribution in [2.75, 3.05) is 13.2 Å². The number of amidine groups is 1. The molecule has 3 aliphatic rings. The van der Waals surface area contributed by atoms with Gasteiger partial charge in [-0.25, -0.2) is 9.98 Å². The largest absolute Gasteiger partial charge is 0.465 e. The third kappa shape index (κ3) is 3.07. The lowest BCUT2D eigenvalue weighted by Crippen LogP contribution is -2.58. The van der Waals surface area contributed by atoms with Crippen LogP contribution in [0.15, 0.2) is 45.3 Å². The molecule has 1 N–H and O–H groups in total. The van der Waals surface area contributed by atoms with Crippen molar-refractivity contribution in [3.8, 4) is 0 Å². The van der Waals surface area contributed by atoms with Crippen LogP contribution in [-0.4, -0.2) is 35.7 Å². The number of fused-ring (bicyclic) bond motifs is 1. The quantitative estimate of drug-likeness (QED) is 0.736. The van der Waals surface area contributed by atoms with E-state index in [2.05, 4.69) is 26.2 Å². The highest BCUT2D eigenvalue weighted by Crippen LogP contribution is 2.53. The van der Waals surface area contributed by atoms with Gasteiger partial charge in [-0.05, 0) is 53.7 Å². The lowest BCUT2D eigenvalue weighted by Gasteiger charge is -2.53. The number of aliphatic imine (C=N–C) groups is 1. The van der Waals surface area contributed by atoms with E-state index in [0.717, 1.165) is 28.9 Å². The van der Waals surface area contributed by atoms with Crippen molar-refractivity contribution < 1.29 is 14.3 Å². The molecular weight excluding hydrogens is 442 g/mol. The van der Waals surface area contributed by atoms with Crippen molar-refractivity contribution in [2.24, 2.45) is 10.9 Å². The van der Waals surface area contributed by atoms with Crippen LogP contribution in [-0.2, 0) is 15.0 Å². The van der Waals surface area contributed by atoms with Crippen LogP contribution in [0.1, 0.15) is 41.0 Å². The van der Waals surface area contributed by atoms with E-state index in [1.807, 2.05) is 23.6 Å². The number of nitrogens with one attached hydrogen (secondary N) is 1. The molecule has 1 saturated carbocycles. The van der Waals surface area contributed by atoms with Gasteiger partial charge < -0.3 is 9.47 Å². The standard InChI is InChI=1S/C20H20BrN3O3S/c21-15-11-28-17(22-15)20-12-27-19(7-4-8-19)9-14(20)10-26-18(24-20)23-16(25)13-5-2-1-3-6-13/h1-3,5-6,11,14H,4,7-10,12H2,(H,23,24,25)/t14-,20-/m0/s1. The van der Waals surface area contributed by atoms with Crippen molar-refractivity contribution in [1.82, 2.24) is 10.3 Å². The summed E-state index contributed by atoms with van der Waals surface area (Å²) in [6, 6.07) is 9.30. The maximum Gasteiger partial charge on any atom is 0.292 e. The maximum atomic E-state index is 12.6.